The summed E-state index contributed by atoms with van der Waals surface area (Å²) in [5.74, 6) is -1.67. The normalized spacial score (nSPS) is 27.1. The van der Waals surface area contributed by atoms with Gasteiger partial charge >= 0.3 is 5.97 Å². The Morgan fingerprint density at radius 1 is 1.28 bits per heavy atom. The SMILES string of the molecule is C=C(C)[C@@H]1CCC(C)=C[C@H]1c1c(O)cc(CCCCC)cc1OCC1=C(C(=O)O)N2C(=O)[C@H]([C@@H](C)O)[C@H]2[C@H]1C. The summed E-state index contributed by atoms with van der Waals surface area (Å²) in [5.41, 5.74) is 4.45. The number of benzene rings is 1. The van der Waals surface area contributed by atoms with Gasteiger partial charge in [0.15, 0.2) is 0 Å². The second kappa shape index (κ2) is 11.6. The maximum absolute atomic E-state index is 12.8. The first-order valence-corrected chi connectivity index (χ1v) is 14.3. The van der Waals surface area contributed by atoms with Gasteiger partial charge in [0, 0.05) is 23.0 Å². The molecule has 3 aliphatic rings. The third-order valence-electron chi connectivity index (χ3n) is 8.86. The molecule has 1 saturated heterocycles. The first-order chi connectivity index (χ1) is 18.5. The summed E-state index contributed by atoms with van der Waals surface area (Å²) in [6.45, 7) is 13.9. The van der Waals surface area contributed by atoms with Gasteiger partial charge in [0.2, 0.25) is 5.91 Å². The average molecular weight is 538 g/mol. The molecule has 0 unspecified atom stereocenters. The molecule has 1 aromatic carbocycles. The van der Waals surface area contributed by atoms with Crippen molar-refractivity contribution in [1.82, 2.24) is 4.90 Å². The van der Waals surface area contributed by atoms with Gasteiger partial charge in [-0.1, -0.05) is 50.5 Å². The third kappa shape index (κ3) is 5.38. The van der Waals surface area contributed by atoms with Crippen molar-refractivity contribution in [2.75, 3.05) is 6.61 Å². The summed E-state index contributed by atoms with van der Waals surface area (Å²) in [4.78, 5) is 26.3. The van der Waals surface area contributed by atoms with Crippen molar-refractivity contribution < 1.29 is 29.6 Å². The number of carbonyl (C=O) groups is 2. The molecule has 1 fully saturated rings. The number of aliphatic hydroxyl groups is 1. The molecule has 0 saturated carbocycles. The number of nitrogens with zero attached hydrogens (tertiary/aromatic N) is 1. The van der Waals surface area contributed by atoms with Crippen molar-refractivity contribution in [3.8, 4) is 11.5 Å². The number of amides is 1. The highest BCUT2D eigenvalue weighted by molar-refractivity contribution is 6.00. The number of carboxylic acid groups (broad SMARTS) is 1. The lowest BCUT2D eigenvalue weighted by Crippen LogP contribution is -2.63. The first kappa shape index (κ1) is 28.9. The van der Waals surface area contributed by atoms with Gasteiger partial charge in [-0.25, -0.2) is 4.79 Å². The number of unbranched alkanes of at least 4 members (excludes halogenated alkanes) is 2. The molecule has 2 heterocycles. The minimum absolute atomic E-state index is 0.0202. The number of aromatic hydroxyl groups is 1. The quantitative estimate of drug-likeness (QED) is 0.189. The molecule has 4 rings (SSSR count). The minimum Gasteiger partial charge on any atom is -0.507 e. The molecule has 0 radical (unpaired) electrons. The van der Waals surface area contributed by atoms with Crippen LogP contribution in [0.2, 0.25) is 0 Å². The van der Waals surface area contributed by atoms with Crippen molar-refractivity contribution in [3.63, 3.8) is 0 Å². The van der Waals surface area contributed by atoms with Gasteiger partial charge in [0.25, 0.3) is 0 Å². The van der Waals surface area contributed by atoms with E-state index in [0.717, 1.165) is 49.7 Å². The zero-order chi connectivity index (χ0) is 28.6. The van der Waals surface area contributed by atoms with E-state index in [0.29, 0.717) is 16.9 Å². The number of ether oxygens (including phenoxy) is 1. The Balaban J connectivity index is 1.73. The van der Waals surface area contributed by atoms with E-state index in [4.69, 9.17) is 4.74 Å². The van der Waals surface area contributed by atoms with Crippen LogP contribution in [0, 0.1) is 17.8 Å². The fourth-order valence-corrected chi connectivity index (χ4v) is 6.74. The Kier molecular flexibility index (Phi) is 8.60. The maximum atomic E-state index is 12.8. The average Bonchev–Trinajstić information content (AvgIpc) is 3.10. The fourth-order valence-electron chi connectivity index (χ4n) is 6.74. The Labute approximate surface area is 231 Å². The third-order valence-corrected chi connectivity index (χ3v) is 8.86. The van der Waals surface area contributed by atoms with Crippen LogP contribution in [0.1, 0.15) is 83.8 Å². The van der Waals surface area contributed by atoms with E-state index in [1.54, 1.807) is 6.92 Å². The molecule has 3 N–H and O–H groups in total. The number of carboxylic acids is 1. The lowest BCUT2D eigenvalue weighted by molar-refractivity contribution is -0.163. The number of aliphatic hydroxyl groups excluding tert-OH is 1. The van der Waals surface area contributed by atoms with Crippen molar-refractivity contribution in [3.05, 3.63) is 58.3 Å². The number of rotatable bonds is 11. The molecule has 1 aliphatic carbocycles. The van der Waals surface area contributed by atoms with Gasteiger partial charge in [-0.05, 0) is 70.1 Å². The van der Waals surface area contributed by atoms with Gasteiger partial charge in [-0.2, -0.15) is 0 Å². The van der Waals surface area contributed by atoms with E-state index in [-0.39, 0.29) is 41.7 Å². The van der Waals surface area contributed by atoms with Crippen molar-refractivity contribution in [2.24, 2.45) is 17.8 Å². The van der Waals surface area contributed by atoms with Gasteiger partial charge in [-0.15, -0.1) is 0 Å². The molecule has 7 heteroatoms. The first-order valence-electron chi connectivity index (χ1n) is 14.3. The summed E-state index contributed by atoms with van der Waals surface area (Å²) in [5, 5.41) is 31.5. The highest BCUT2D eigenvalue weighted by atomic mass is 16.5. The fraction of sp³-hybridized carbons (Fsp3) is 0.562. The predicted molar refractivity (Wildman–Crippen MR) is 150 cm³/mol. The van der Waals surface area contributed by atoms with Crippen LogP contribution < -0.4 is 4.74 Å². The van der Waals surface area contributed by atoms with Crippen molar-refractivity contribution in [2.45, 2.75) is 91.2 Å². The lowest BCUT2D eigenvalue weighted by Gasteiger charge is -2.46. The number of hydrogen-bond donors (Lipinski definition) is 3. The predicted octanol–water partition coefficient (Wildman–Crippen LogP) is 5.72. The number of allylic oxidation sites excluding steroid dienone is 3. The Morgan fingerprint density at radius 3 is 2.62 bits per heavy atom. The molecule has 6 atom stereocenters. The minimum atomic E-state index is -1.18. The van der Waals surface area contributed by atoms with Crippen LogP contribution >= 0.6 is 0 Å². The van der Waals surface area contributed by atoms with Crippen LogP contribution in [0.5, 0.6) is 11.5 Å². The van der Waals surface area contributed by atoms with Crippen molar-refractivity contribution >= 4 is 11.9 Å². The number of fused-ring (bicyclic) bond motifs is 1. The molecule has 7 nitrogen and oxygen atoms in total. The number of β-lactam (4-membered cyclic amide) rings is 1. The molecule has 212 valence electrons. The zero-order valence-corrected chi connectivity index (χ0v) is 23.9. The maximum Gasteiger partial charge on any atom is 0.352 e. The molecule has 0 aromatic heterocycles. The second-order valence-electron chi connectivity index (χ2n) is 11.7. The van der Waals surface area contributed by atoms with Crippen LogP contribution in [-0.2, 0) is 16.0 Å². The van der Waals surface area contributed by atoms with Crippen LogP contribution in [0.4, 0.5) is 0 Å². The number of phenols is 1. The van der Waals surface area contributed by atoms with Crippen LogP contribution in [0.15, 0.2) is 47.2 Å². The summed E-state index contributed by atoms with van der Waals surface area (Å²) in [6, 6.07) is 3.42. The lowest BCUT2D eigenvalue weighted by atomic mass is 9.73. The van der Waals surface area contributed by atoms with Gasteiger partial charge in [0.1, 0.15) is 23.8 Å². The van der Waals surface area contributed by atoms with E-state index in [1.807, 2.05) is 26.0 Å². The summed E-state index contributed by atoms with van der Waals surface area (Å²) < 4.78 is 6.43. The molecule has 1 amide bonds. The molecule has 1 aromatic rings. The summed E-state index contributed by atoms with van der Waals surface area (Å²) in [7, 11) is 0. The number of carbonyl (C=O) groups excluding carboxylic acids is 1. The zero-order valence-electron chi connectivity index (χ0n) is 23.9. The Morgan fingerprint density at radius 2 is 2.00 bits per heavy atom. The topological polar surface area (TPSA) is 107 Å². The number of aryl methyl sites for hydroxylation is 1. The number of aliphatic carboxylic acids is 1. The van der Waals surface area contributed by atoms with Crippen LogP contribution in [0.25, 0.3) is 0 Å². The van der Waals surface area contributed by atoms with Gasteiger partial charge < -0.3 is 25.0 Å². The van der Waals surface area contributed by atoms with Crippen LogP contribution in [0.3, 0.4) is 0 Å². The highest BCUT2D eigenvalue weighted by Crippen LogP contribution is 2.49. The largest absolute Gasteiger partial charge is 0.507 e. The second-order valence-corrected chi connectivity index (χ2v) is 11.7. The van der Waals surface area contributed by atoms with E-state index < -0.39 is 24.0 Å². The van der Waals surface area contributed by atoms with E-state index in [2.05, 4.69) is 26.5 Å². The molecule has 2 aliphatic heterocycles. The molecule has 0 bridgehead atoms. The Bertz CT molecular complexity index is 1210. The van der Waals surface area contributed by atoms with Crippen molar-refractivity contribution in [1.29, 1.82) is 0 Å². The Hall–Kier alpha value is -3.06. The van der Waals surface area contributed by atoms with Crippen LogP contribution in [-0.4, -0.2) is 50.8 Å². The molecule has 0 spiro atoms. The van der Waals surface area contributed by atoms with E-state index in [9.17, 15) is 24.9 Å². The molecular formula is C32H43NO6. The van der Waals surface area contributed by atoms with E-state index in [1.165, 1.54) is 10.5 Å². The van der Waals surface area contributed by atoms with Gasteiger partial charge in [-0.3, -0.25) is 4.79 Å². The summed E-state index contributed by atoms with van der Waals surface area (Å²) in [6.07, 6.45) is 7.22. The number of phenolic OH excluding ortho intramolecular Hbond substituents is 1. The molecular weight excluding hydrogens is 494 g/mol. The highest BCUT2D eigenvalue weighted by Gasteiger charge is 2.59. The van der Waals surface area contributed by atoms with E-state index >= 15 is 0 Å². The monoisotopic (exact) mass is 537 g/mol. The standard InChI is InChI=1S/C32H43NO6/c1-7-8-9-10-21-14-25(35)28(23-13-18(4)11-12-22(23)17(2)3)26(15-21)39-16-24-19(5)29-27(20(6)34)31(36)33(29)30(24)32(37)38/h13-15,19-20,22-23,27,29,34-35H,2,7-12,16H2,1,3-6H3,(H,37,38)/t19-,20+,22-,23+,27+,29+/m0/s1. The smallest absolute Gasteiger partial charge is 0.352 e. The van der Waals surface area contributed by atoms with Gasteiger partial charge in [0.05, 0.1) is 18.1 Å². The number of hydrogen-bond acceptors (Lipinski definition) is 5. The summed E-state index contributed by atoms with van der Waals surface area (Å²) >= 11 is 0. The molecule has 39 heavy (non-hydrogen) atoms.